The highest BCUT2D eigenvalue weighted by Gasteiger charge is 2.41. The minimum Gasteiger partial charge on any atom is -0.481 e. The van der Waals surface area contributed by atoms with E-state index in [0.717, 1.165) is 0 Å². The van der Waals surface area contributed by atoms with Gasteiger partial charge in [0.05, 0.1) is 10.9 Å². The van der Waals surface area contributed by atoms with Gasteiger partial charge < -0.3 is 5.11 Å². The topological polar surface area (TPSA) is 74.7 Å². The molecular weight excluding hydrogens is 290 g/mol. The number of hydrogen-bond donors (Lipinski definition) is 1. The molecule has 5 nitrogen and oxygen atoms in total. The molecule has 1 aromatic rings. The minimum atomic E-state index is -3.62. The molecule has 1 fully saturated rings. The maximum atomic E-state index is 12.3. The molecule has 1 unspecified atom stereocenters. The number of benzene rings is 1. The van der Waals surface area contributed by atoms with Crippen molar-refractivity contribution in [2.75, 3.05) is 13.1 Å². The Labute approximate surface area is 116 Å². The SMILES string of the molecule is CC(C(=O)O)C1CN(S(=O)(=O)c2ccccc2Cl)C1. The fourth-order valence-corrected chi connectivity index (χ4v) is 4.02. The molecule has 1 aliphatic heterocycles. The molecule has 1 heterocycles. The smallest absolute Gasteiger partial charge is 0.306 e. The molecule has 0 spiro atoms. The number of carboxylic acids is 1. The molecule has 0 radical (unpaired) electrons. The largest absolute Gasteiger partial charge is 0.481 e. The summed E-state index contributed by atoms with van der Waals surface area (Å²) >= 11 is 5.88. The van der Waals surface area contributed by atoms with Gasteiger partial charge in [-0.3, -0.25) is 4.79 Å². The highest BCUT2D eigenvalue weighted by Crippen LogP contribution is 2.32. The number of carboxylic acid groups (broad SMARTS) is 1. The van der Waals surface area contributed by atoms with Crippen molar-refractivity contribution in [3.63, 3.8) is 0 Å². The van der Waals surface area contributed by atoms with Gasteiger partial charge in [-0.2, -0.15) is 4.31 Å². The lowest BCUT2D eigenvalue weighted by molar-refractivity contribution is -0.144. The molecule has 19 heavy (non-hydrogen) atoms. The van der Waals surface area contributed by atoms with Crippen molar-refractivity contribution in [2.45, 2.75) is 11.8 Å². The lowest BCUT2D eigenvalue weighted by Gasteiger charge is -2.40. The van der Waals surface area contributed by atoms with Crippen molar-refractivity contribution >= 4 is 27.6 Å². The average Bonchev–Trinajstić information content (AvgIpc) is 2.26. The zero-order valence-electron chi connectivity index (χ0n) is 10.3. The van der Waals surface area contributed by atoms with Gasteiger partial charge in [0.1, 0.15) is 4.90 Å². The Morgan fingerprint density at radius 3 is 2.53 bits per heavy atom. The van der Waals surface area contributed by atoms with Crippen LogP contribution in [-0.2, 0) is 14.8 Å². The van der Waals surface area contributed by atoms with E-state index < -0.39 is 21.9 Å². The fraction of sp³-hybridized carbons (Fsp3) is 0.417. The second kappa shape index (κ2) is 5.11. The van der Waals surface area contributed by atoms with Gasteiger partial charge in [0, 0.05) is 13.1 Å². The Balaban J connectivity index is 2.13. The molecule has 104 valence electrons. The average molecular weight is 304 g/mol. The second-order valence-electron chi connectivity index (χ2n) is 4.64. The van der Waals surface area contributed by atoms with Crippen LogP contribution in [0.3, 0.4) is 0 Å². The van der Waals surface area contributed by atoms with Crippen LogP contribution >= 0.6 is 11.6 Å². The summed E-state index contributed by atoms with van der Waals surface area (Å²) in [6.45, 7) is 2.04. The Bertz CT molecular complexity index is 596. The van der Waals surface area contributed by atoms with Crippen LogP contribution in [0.5, 0.6) is 0 Å². The Kier molecular flexibility index (Phi) is 3.85. The maximum Gasteiger partial charge on any atom is 0.306 e. The summed E-state index contributed by atoms with van der Waals surface area (Å²) in [5.74, 6) is -1.59. The minimum absolute atomic E-state index is 0.0677. The number of carbonyl (C=O) groups is 1. The van der Waals surface area contributed by atoms with E-state index in [-0.39, 0.29) is 28.9 Å². The summed E-state index contributed by atoms with van der Waals surface area (Å²) < 4.78 is 25.8. The van der Waals surface area contributed by atoms with Crippen molar-refractivity contribution in [1.29, 1.82) is 0 Å². The van der Waals surface area contributed by atoms with Crippen molar-refractivity contribution in [3.05, 3.63) is 29.3 Å². The Morgan fingerprint density at radius 2 is 2.00 bits per heavy atom. The van der Waals surface area contributed by atoms with Crippen molar-refractivity contribution in [1.82, 2.24) is 4.31 Å². The molecule has 0 saturated carbocycles. The van der Waals surface area contributed by atoms with Crippen LogP contribution in [0.1, 0.15) is 6.92 Å². The molecule has 0 aromatic heterocycles. The molecule has 0 amide bonds. The van der Waals surface area contributed by atoms with Gasteiger partial charge in [-0.25, -0.2) is 8.42 Å². The summed E-state index contributed by atoms with van der Waals surface area (Å²) in [4.78, 5) is 10.9. The molecular formula is C12H14ClNO4S. The summed E-state index contributed by atoms with van der Waals surface area (Å²) in [7, 11) is -3.62. The molecule has 1 saturated heterocycles. The molecule has 1 atom stereocenters. The molecule has 2 rings (SSSR count). The van der Waals surface area contributed by atoms with Gasteiger partial charge in [-0.15, -0.1) is 0 Å². The van der Waals surface area contributed by atoms with E-state index in [1.54, 1.807) is 19.1 Å². The van der Waals surface area contributed by atoms with Gasteiger partial charge in [-0.1, -0.05) is 30.7 Å². The molecule has 7 heteroatoms. The Morgan fingerprint density at radius 1 is 1.42 bits per heavy atom. The van der Waals surface area contributed by atoms with E-state index in [1.807, 2.05) is 0 Å². The van der Waals surface area contributed by atoms with Crippen LogP contribution in [-0.4, -0.2) is 36.9 Å². The number of hydrogen-bond acceptors (Lipinski definition) is 3. The van der Waals surface area contributed by atoms with Crippen LogP contribution < -0.4 is 0 Å². The Hall–Kier alpha value is -1.11. The second-order valence-corrected chi connectivity index (χ2v) is 6.95. The van der Waals surface area contributed by atoms with Crippen LogP contribution in [0.25, 0.3) is 0 Å². The number of sulfonamides is 1. The van der Waals surface area contributed by atoms with Crippen LogP contribution in [0.15, 0.2) is 29.2 Å². The summed E-state index contributed by atoms with van der Waals surface area (Å²) in [5.41, 5.74) is 0. The zero-order chi connectivity index (χ0) is 14.2. The third-order valence-electron chi connectivity index (χ3n) is 3.43. The highest BCUT2D eigenvalue weighted by atomic mass is 35.5. The van der Waals surface area contributed by atoms with Crippen molar-refractivity contribution in [3.8, 4) is 0 Å². The number of nitrogens with zero attached hydrogens (tertiary/aromatic N) is 1. The summed E-state index contributed by atoms with van der Waals surface area (Å²) in [5, 5.41) is 9.06. The zero-order valence-corrected chi connectivity index (χ0v) is 11.9. The highest BCUT2D eigenvalue weighted by molar-refractivity contribution is 7.89. The van der Waals surface area contributed by atoms with Crippen molar-refractivity contribution in [2.24, 2.45) is 11.8 Å². The first-order valence-electron chi connectivity index (χ1n) is 5.81. The van der Waals surface area contributed by atoms with Crippen LogP contribution in [0.4, 0.5) is 0 Å². The van der Waals surface area contributed by atoms with E-state index in [1.165, 1.54) is 16.4 Å². The van der Waals surface area contributed by atoms with Crippen LogP contribution in [0.2, 0.25) is 5.02 Å². The normalized spacial score (nSPS) is 18.8. The molecule has 0 aliphatic carbocycles. The quantitative estimate of drug-likeness (QED) is 0.918. The fourth-order valence-electron chi connectivity index (χ4n) is 1.98. The predicted molar refractivity (Wildman–Crippen MR) is 70.5 cm³/mol. The van der Waals surface area contributed by atoms with E-state index in [4.69, 9.17) is 16.7 Å². The standard InChI is InChI=1S/C12H14ClNO4S/c1-8(12(15)16)9-6-14(7-9)19(17,18)11-5-3-2-4-10(11)13/h2-5,8-9H,6-7H2,1H3,(H,15,16). The van der Waals surface area contributed by atoms with Gasteiger partial charge in [0.15, 0.2) is 0 Å². The van der Waals surface area contributed by atoms with E-state index in [2.05, 4.69) is 0 Å². The molecule has 0 bridgehead atoms. The maximum absolute atomic E-state index is 12.3. The molecule has 1 N–H and O–H groups in total. The number of rotatable bonds is 4. The first kappa shape index (κ1) is 14.3. The third kappa shape index (κ3) is 2.61. The number of aliphatic carboxylic acids is 1. The van der Waals surface area contributed by atoms with Gasteiger partial charge in [-0.05, 0) is 18.1 Å². The lowest BCUT2D eigenvalue weighted by atomic mass is 9.89. The first-order chi connectivity index (χ1) is 8.84. The van der Waals surface area contributed by atoms with Crippen LogP contribution in [0, 0.1) is 11.8 Å². The van der Waals surface area contributed by atoms with Gasteiger partial charge in [0.2, 0.25) is 10.0 Å². The van der Waals surface area contributed by atoms with Gasteiger partial charge >= 0.3 is 5.97 Å². The third-order valence-corrected chi connectivity index (χ3v) is 5.76. The van der Waals surface area contributed by atoms with E-state index in [0.29, 0.717) is 0 Å². The monoisotopic (exact) mass is 303 g/mol. The lowest BCUT2D eigenvalue weighted by Crippen LogP contribution is -2.53. The van der Waals surface area contributed by atoms with E-state index in [9.17, 15) is 13.2 Å². The van der Waals surface area contributed by atoms with E-state index >= 15 is 0 Å². The first-order valence-corrected chi connectivity index (χ1v) is 7.63. The van der Waals surface area contributed by atoms with Gasteiger partial charge in [0.25, 0.3) is 0 Å². The predicted octanol–water partition coefficient (Wildman–Crippen LogP) is 1.68. The summed E-state index contributed by atoms with van der Waals surface area (Å²) in [6.07, 6.45) is 0. The molecule has 1 aromatic carbocycles. The summed E-state index contributed by atoms with van der Waals surface area (Å²) in [6, 6.07) is 6.24. The van der Waals surface area contributed by atoms with Crippen molar-refractivity contribution < 1.29 is 18.3 Å². The number of halogens is 1. The molecule has 1 aliphatic rings.